The number of aliphatic hydroxyl groups excluding tert-OH is 1. The molecule has 0 saturated heterocycles. The van der Waals surface area contributed by atoms with Crippen LogP contribution in [0.25, 0.3) is 11.1 Å². The minimum absolute atomic E-state index is 0.0180. The van der Waals surface area contributed by atoms with Gasteiger partial charge in [-0.05, 0) is 29.5 Å². The number of aromatic hydroxyl groups is 2. The van der Waals surface area contributed by atoms with Crippen molar-refractivity contribution in [1.29, 1.82) is 0 Å². The maximum absolute atomic E-state index is 13.0. The molecule has 0 aliphatic heterocycles. The molecule has 0 unspecified atom stereocenters. The van der Waals surface area contributed by atoms with Crippen molar-refractivity contribution in [2.75, 3.05) is 33.4 Å². The van der Waals surface area contributed by atoms with Gasteiger partial charge in [-0.2, -0.15) is 0 Å². The van der Waals surface area contributed by atoms with Gasteiger partial charge in [-0.25, -0.2) is 0 Å². The third-order valence-electron chi connectivity index (χ3n) is 4.75. The van der Waals surface area contributed by atoms with Crippen molar-refractivity contribution in [3.05, 3.63) is 47.5 Å². The summed E-state index contributed by atoms with van der Waals surface area (Å²) < 4.78 is 5.05. The van der Waals surface area contributed by atoms with Gasteiger partial charge >= 0.3 is 0 Å². The van der Waals surface area contributed by atoms with E-state index in [0.29, 0.717) is 42.7 Å². The summed E-state index contributed by atoms with van der Waals surface area (Å²) in [7, 11) is 1.60. The van der Waals surface area contributed by atoms with Gasteiger partial charge in [0.1, 0.15) is 11.5 Å². The van der Waals surface area contributed by atoms with Crippen LogP contribution in [0.1, 0.15) is 24.5 Å². The lowest BCUT2D eigenvalue weighted by molar-refractivity contribution is -0.131. The van der Waals surface area contributed by atoms with E-state index in [1.54, 1.807) is 12.0 Å². The SMILES string of the molecule is CCc1c(O)cc(O)c(-c2ccccc2)c1CC(=O)N(CCO)CCCOC. The maximum atomic E-state index is 13.0. The monoisotopic (exact) mass is 387 g/mol. The topological polar surface area (TPSA) is 90.2 Å². The van der Waals surface area contributed by atoms with Crippen molar-refractivity contribution in [3.63, 3.8) is 0 Å². The normalized spacial score (nSPS) is 10.8. The van der Waals surface area contributed by atoms with E-state index in [9.17, 15) is 20.1 Å². The number of carbonyl (C=O) groups is 1. The zero-order chi connectivity index (χ0) is 20.5. The first-order valence-corrected chi connectivity index (χ1v) is 9.53. The molecule has 28 heavy (non-hydrogen) atoms. The largest absolute Gasteiger partial charge is 0.508 e. The lowest BCUT2D eigenvalue weighted by Crippen LogP contribution is -2.36. The van der Waals surface area contributed by atoms with E-state index in [4.69, 9.17) is 4.74 Å². The molecule has 0 fully saturated rings. The Labute approximate surface area is 166 Å². The van der Waals surface area contributed by atoms with Gasteiger partial charge in [-0.15, -0.1) is 0 Å². The number of ether oxygens (including phenoxy) is 1. The van der Waals surface area contributed by atoms with E-state index in [-0.39, 0.29) is 37.0 Å². The van der Waals surface area contributed by atoms with E-state index in [0.717, 1.165) is 5.56 Å². The first-order chi connectivity index (χ1) is 13.5. The molecule has 0 saturated carbocycles. The number of benzene rings is 2. The van der Waals surface area contributed by atoms with Gasteiger partial charge in [0.05, 0.1) is 13.0 Å². The molecule has 0 bridgehead atoms. The number of rotatable bonds is 10. The molecule has 0 spiro atoms. The molecule has 0 radical (unpaired) electrons. The summed E-state index contributed by atoms with van der Waals surface area (Å²) >= 11 is 0. The molecule has 0 aromatic heterocycles. The van der Waals surface area contributed by atoms with Crippen molar-refractivity contribution in [2.45, 2.75) is 26.2 Å². The van der Waals surface area contributed by atoms with E-state index in [2.05, 4.69) is 0 Å². The summed E-state index contributed by atoms with van der Waals surface area (Å²) in [6.45, 7) is 3.00. The van der Waals surface area contributed by atoms with Crippen LogP contribution in [0.3, 0.4) is 0 Å². The van der Waals surface area contributed by atoms with Crippen LogP contribution in [0.15, 0.2) is 36.4 Å². The molecule has 6 heteroatoms. The molecule has 3 N–H and O–H groups in total. The van der Waals surface area contributed by atoms with Crippen molar-refractivity contribution in [3.8, 4) is 22.6 Å². The highest BCUT2D eigenvalue weighted by Crippen LogP contribution is 2.40. The van der Waals surface area contributed by atoms with Gasteiger partial charge in [-0.3, -0.25) is 4.79 Å². The molecular weight excluding hydrogens is 358 g/mol. The standard InChI is InChI=1S/C22H29NO5/c1-3-17-18(14-21(27)23(11-12-24)10-7-13-28-2)22(20(26)15-19(17)25)16-8-5-4-6-9-16/h4-6,8-9,15,24-26H,3,7,10-14H2,1-2H3. The van der Waals surface area contributed by atoms with Gasteiger partial charge in [0, 0.05) is 38.4 Å². The van der Waals surface area contributed by atoms with Crippen LogP contribution in [0, 0.1) is 0 Å². The molecule has 0 aliphatic carbocycles. The molecule has 0 atom stereocenters. The first-order valence-electron chi connectivity index (χ1n) is 9.53. The van der Waals surface area contributed by atoms with E-state index in [1.165, 1.54) is 6.07 Å². The van der Waals surface area contributed by atoms with Crippen LogP contribution in [0.4, 0.5) is 0 Å². The van der Waals surface area contributed by atoms with Crippen LogP contribution < -0.4 is 0 Å². The molecule has 2 rings (SSSR count). The van der Waals surface area contributed by atoms with Gasteiger partial charge in [0.25, 0.3) is 0 Å². The third-order valence-corrected chi connectivity index (χ3v) is 4.75. The maximum Gasteiger partial charge on any atom is 0.227 e. The van der Waals surface area contributed by atoms with Crippen LogP contribution in [-0.2, 0) is 22.4 Å². The predicted molar refractivity (Wildman–Crippen MR) is 108 cm³/mol. The van der Waals surface area contributed by atoms with Crippen molar-refractivity contribution in [2.24, 2.45) is 0 Å². The van der Waals surface area contributed by atoms with Crippen LogP contribution in [0.2, 0.25) is 0 Å². The quantitative estimate of drug-likeness (QED) is 0.546. The number of phenols is 2. The Bertz CT molecular complexity index is 776. The Hall–Kier alpha value is -2.57. The number of methoxy groups -OCH3 is 1. The lowest BCUT2D eigenvalue weighted by atomic mass is 9.90. The number of carbonyl (C=O) groups excluding carboxylic acids is 1. The fourth-order valence-corrected chi connectivity index (χ4v) is 3.41. The second-order valence-electron chi connectivity index (χ2n) is 6.59. The van der Waals surface area contributed by atoms with Gasteiger partial charge in [0.15, 0.2) is 0 Å². The summed E-state index contributed by atoms with van der Waals surface area (Å²) in [5, 5.41) is 30.2. The zero-order valence-corrected chi connectivity index (χ0v) is 16.5. The second kappa shape index (κ2) is 10.7. The first kappa shape index (κ1) is 21.7. The Morgan fingerprint density at radius 1 is 1.07 bits per heavy atom. The number of hydrogen-bond donors (Lipinski definition) is 3. The molecule has 152 valence electrons. The number of amides is 1. The van der Waals surface area contributed by atoms with E-state index < -0.39 is 0 Å². The minimum atomic E-state index is -0.165. The number of nitrogens with zero attached hydrogens (tertiary/aromatic N) is 1. The average molecular weight is 387 g/mol. The van der Waals surface area contributed by atoms with E-state index in [1.807, 2.05) is 37.3 Å². The minimum Gasteiger partial charge on any atom is -0.508 e. The van der Waals surface area contributed by atoms with Crippen molar-refractivity contribution < 1.29 is 24.9 Å². The highest BCUT2D eigenvalue weighted by molar-refractivity contribution is 5.85. The fraction of sp³-hybridized carbons (Fsp3) is 0.409. The number of aliphatic hydroxyl groups is 1. The highest BCUT2D eigenvalue weighted by Gasteiger charge is 2.22. The smallest absolute Gasteiger partial charge is 0.227 e. The Balaban J connectivity index is 2.43. The second-order valence-corrected chi connectivity index (χ2v) is 6.59. The van der Waals surface area contributed by atoms with Gasteiger partial charge < -0.3 is 25.0 Å². The lowest BCUT2D eigenvalue weighted by Gasteiger charge is -2.24. The Kier molecular flexibility index (Phi) is 8.29. The summed E-state index contributed by atoms with van der Waals surface area (Å²) in [6, 6.07) is 10.7. The zero-order valence-electron chi connectivity index (χ0n) is 16.5. The van der Waals surface area contributed by atoms with Crippen LogP contribution in [0.5, 0.6) is 11.5 Å². The van der Waals surface area contributed by atoms with Crippen LogP contribution >= 0.6 is 0 Å². The molecule has 2 aromatic rings. The number of phenolic OH excluding ortho intramolecular Hbond substituents is 2. The number of hydrogen-bond acceptors (Lipinski definition) is 5. The predicted octanol–water partition coefficient (Wildman–Crippen LogP) is 2.73. The molecule has 6 nitrogen and oxygen atoms in total. The fourth-order valence-electron chi connectivity index (χ4n) is 3.41. The molecule has 0 heterocycles. The molecule has 2 aromatic carbocycles. The Morgan fingerprint density at radius 3 is 2.39 bits per heavy atom. The molecular formula is C22H29NO5. The van der Waals surface area contributed by atoms with Crippen molar-refractivity contribution in [1.82, 2.24) is 4.90 Å². The van der Waals surface area contributed by atoms with Crippen molar-refractivity contribution >= 4 is 5.91 Å². The Morgan fingerprint density at radius 2 is 1.79 bits per heavy atom. The van der Waals surface area contributed by atoms with Gasteiger partial charge in [-0.1, -0.05) is 37.3 Å². The molecule has 0 aliphatic rings. The summed E-state index contributed by atoms with van der Waals surface area (Å²) in [5.41, 5.74) is 2.60. The summed E-state index contributed by atoms with van der Waals surface area (Å²) in [6.07, 6.45) is 1.22. The highest BCUT2D eigenvalue weighted by atomic mass is 16.5. The molecule has 1 amide bonds. The average Bonchev–Trinajstić information content (AvgIpc) is 2.68. The van der Waals surface area contributed by atoms with Crippen LogP contribution in [-0.4, -0.2) is 59.5 Å². The summed E-state index contributed by atoms with van der Waals surface area (Å²) in [4.78, 5) is 14.6. The van der Waals surface area contributed by atoms with Gasteiger partial charge in [0.2, 0.25) is 5.91 Å². The third kappa shape index (κ3) is 5.24. The summed E-state index contributed by atoms with van der Waals surface area (Å²) in [5.74, 6) is -0.241. The van der Waals surface area contributed by atoms with E-state index >= 15 is 0 Å².